The fourth-order valence-electron chi connectivity index (χ4n) is 2.30. The van der Waals surface area contributed by atoms with Crippen LogP contribution in [-0.4, -0.2) is 50.2 Å². The van der Waals surface area contributed by atoms with Gasteiger partial charge in [0.05, 0.1) is 22.8 Å². The van der Waals surface area contributed by atoms with Gasteiger partial charge in [-0.3, -0.25) is 4.79 Å². The van der Waals surface area contributed by atoms with Gasteiger partial charge in [0.2, 0.25) is 5.91 Å². The zero-order valence-electron chi connectivity index (χ0n) is 12.1. The van der Waals surface area contributed by atoms with E-state index in [0.29, 0.717) is 29.4 Å². The van der Waals surface area contributed by atoms with E-state index in [1.807, 2.05) is 12.1 Å². The Hall–Kier alpha value is -0.810. The number of nitrogens with zero attached hydrogens (tertiary/aromatic N) is 1. The highest BCUT2D eigenvalue weighted by Crippen LogP contribution is 2.26. The van der Waals surface area contributed by atoms with Gasteiger partial charge >= 0.3 is 0 Å². The average molecular weight is 331 g/mol. The molecule has 0 spiro atoms. The topological polar surface area (TPSA) is 41.6 Å². The van der Waals surface area contributed by atoms with E-state index >= 15 is 0 Å². The number of hydrogen-bond acceptors (Lipinski definition) is 3. The van der Waals surface area contributed by atoms with Crippen LogP contribution >= 0.6 is 23.2 Å². The van der Waals surface area contributed by atoms with E-state index in [-0.39, 0.29) is 12.0 Å². The van der Waals surface area contributed by atoms with E-state index in [1.54, 1.807) is 6.07 Å². The quantitative estimate of drug-likeness (QED) is 0.901. The minimum absolute atomic E-state index is 0.00266. The van der Waals surface area contributed by atoms with Crippen molar-refractivity contribution in [2.24, 2.45) is 0 Å². The molecule has 1 aliphatic heterocycles. The van der Waals surface area contributed by atoms with E-state index in [9.17, 15) is 4.79 Å². The molecule has 1 fully saturated rings. The number of halogens is 2. The molecule has 1 aromatic rings. The first-order valence-electron chi connectivity index (χ1n) is 7.06. The summed E-state index contributed by atoms with van der Waals surface area (Å²) in [6.07, 6.45) is 1.04. The van der Waals surface area contributed by atoms with E-state index in [0.717, 1.165) is 25.3 Å². The lowest BCUT2D eigenvalue weighted by molar-refractivity contribution is -0.122. The molecule has 116 valence electrons. The van der Waals surface area contributed by atoms with Gasteiger partial charge in [-0.1, -0.05) is 35.3 Å². The maximum Gasteiger partial charge on any atom is 0.220 e. The summed E-state index contributed by atoms with van der Waals surface area (Å²) in [5, 5.41) is 3.96. The van der Waals surface area contributed by atoms with Crippen LogP contribution in [0.5, 0.6) is 0 Å². The lowest BCUT2D eigenvalue weighted by Crippen LogP contribution is -2.45. The second-order valence-corrected chi connectivity index (χ2v) is 6.06. The third kappa shape index (κ3) is 5.15. The van der Waals surface area contributed by atoms with Crippen LogP contribution in [0, 0.1) is 0 Å². The Kier molecular flexibility index (Phi) is 6.30. The molecule has 0 aliphatic carbocycles. The summed E-state index contributed by atoms with van der Waals surface area (Å²) in [6, 6.07) is 5.47. The van der Waals surface area contributed by atoms with Gasteiger partial charge < -0.3 is 15.0 Å². The fraction of sp³-hybridized carbons (Fsp3) is 0.533. The van der Waals surface area contributed by atoms with E-state index in [2.05, 4.69) is 17.3 Å². The molecule has 1 amide bonds. The molecule has 2 rings (SSSR count). The first-order valence-corrected chi connectivity index (χ1v) is 7.81. The van der Waals surface area contributed by atoms with Crippen molar-refractivity contribution in [3.63, 3.8) is 0 Å². The fourth-order valence-corrected chi connectivity index (χ4v) is 2.71. The molecule has 1 heterocycles. The van der Waals surface area contributed by atoms with Gasteiger partial charge in [-0.05, 0) is 25.1 Å². The second kappa shape index (κ2) is 7.99. The Labute approximate surface area is 135 Å². The Morgan fingerprint density at radius 1 is 1.48 bits per heavy atom. The maximum atomic E-state index is 11.9. The molecule has 0 bridgehead atoms. The lowest BCUT2D eigenvalue weighted by Gasteiger charge is -2.30. The minimum Gasteiger partial charge on any atom is -0.374 e. The monoisotopic (exact) mass is 330 g/mol. The summed E-state index contributed by atoms with van der Waals surface area (Å²) >= 11 is 12.1. The van der Waals surface area contributed by atoms with Crippen molar-refractivity contribution in [1.29, 1.82) is 0 Å². The number of carbonyl (C=O) groups excluding carboxylic acids is 1. The van der Waals surface area contributed by atoms with Crippen molar-refractivity contribution in [1.82, 2.24) is 10.2 Å². The number of hydrogen-bond donors (Lipinski definition) is 1. The molecule has 0 saturated carbocycles. The first-order chi connectivity index (χ1) is 10.1. The molecule has 21 heavy (non-hydrogen) atoms. The molecule has 4 nitrogen and oxygen atoms in total. The zero-order valence-corrected chi connectivity index (χ0v) is 13.6. The molecule has 1 aromatic carbocycles. The minimum atomic E-state index is 0.00266. The van der Waals surface area contributed by atoms with Crippen LogP contribution < -0.4 is 5.32 Å². The second-order valence-electron chi connectivity index (χ2n) is 5.27. The highest BCUT2D eigenvalue weighted by molar-refractivity contribution is 6.42. The van der Waals surface area contributed by atoms with Crippen molar-refractivity contribution >= 4 is 29.1 Å². The Morgan fingerprint density at radius 2 is 2.29 bits per heavy atom. The van der Waals surface area contributed by atoms with Crippen molar-refractivity contribution in [3.8, 4) is 0 Å². The highest BCUT2D eigenvalue weighted by atomic mass is 35.5. The predicted octanol–water partition coefficient (Wildman–Crippen LogP) is 2.37. The van der Waals surface area contributed by atoms with Crippen molar-refractivity contribution in [2.75, 3.05) is 33.3 Å². The lowest BCUT2D eigenvalue weighted by atomic mass is 10.1. The summed E-state index contributed by atoms with van der Waals surface area (Å²) in [4.78, 5) is 14.1. The van der Waals surface area contributed by atoms with E-state index in [1.165, 1.54) is 0 Å². The van der Waals surface area contributed by atoms with Gasteiger partial charge in [-0.25, -0.2) is 0 Å². The van der Waals surface area contributed by atoms with Crippen LogP contribution in [0.1, 0.15) is 12.0 Å². The standard InChI is InChI=1S/C15H20Cl2N2O2/c1-19-7-8-21-12(10-19)9-18-14(20)6-5-11-3-2-4-13(16)15(11)17/h2-4,12H,5-10H2,1H3,(H,18,20). The molecule has 1 N–H and O–H groups in total. The SMILES string of the molecule is CN1CCOC(CNC(=O)CCc2cccc(Cl)c2Cl)C1. The van der Waals surface area contributed by atoms with Crippen molar-refractivity contribution in [2.45, 2.75) is 18.9 Å². The van der Waals surface area contributed by atoms with Gasteiger partial charge in [0.25, 0.3) is 0 Å². The zero-order chi connectivity index (χ0) is 15.2. The van der Waals surface area contributed by atoms with Crippen LogP contribution in [-0.2, 0) is 16.0 Å². The average Bonchev–Trinajstić information content (AvgIpc) is 2.47. The number of rotatable bonds is 5. The number of carbonyl (C=O) groups is 1. The number of morpholine rings is 1. The molecule has 1 aliphatic rings. The van der Waals surface area contributed by atoms with Gasteiger partial charge in [0.1, 0.15) is 0 Å². The third-order valence-corrected chi connectivity index (χ3v) is 4.38. The van der Waals surface area contributed by atoms with Crippen LogP contribution in [0.15, 0.2) is 18.2 Å². The van der Waals surface area contributed by atoms with Crippen molar-refractivity contribution < 1.29 is 9.53 Å². The van der Waals surface area contributed by atoms with Gasteiger partial charge in [0, 0.05) is 26.1 Å². The highest BCUT2D eigenvalue weighted by Gasteiger charge is 2.18. The van der Waals surface area contributed by atoms with Crippen LogP contribution in [0.2, 0.25) is 10.0 Å². The largest absolute Gasteiger partial charge is 0.374 e. The maximum absolute atomic E-state index is 11.9. The van der Waals surface area contributed by atoms with E-state index < -0.39 is 0 Å². The smallest absolute Gasteiger partial charge is 0.220 e. The van der Waals surface area contributed by atoms with Crippen LogP contribution in [0.25, 0.3) is 0 Å². The van der Waals surface area contributed by atoms with Crippen LogP contribution in [0.4, 0.5) is 0 Å². The summed E-state index contributed by atoms with van der Waals surface area (Å²) in [7, 11) is 2.05. The molecular formula is C15H20Cl2N2O2. The number of ether oxygens (including phenoxy) is 1. The summed E-state index contributed by atoms with van der Waals surface area (Å²) in [5.41, 5.74) is 0.896. The number of aryl methyl sites for hydroxylation is 1. The van der Waals surface area contributed by atoms with Gasteiger partial charge in [-0.15, -0.1) is 0 Å². The predicted molar refractivity (Wildman–Crippen MR) is 85.0 cm³/mol. The van der Waals surface area contributed by atoms with E-state index in [4.69, 9.17) is 27.9 Å². The van der Waals surface area contributed by atoms with Gasteiger partial charge in [-0.2, -0.15) is 0 Å². The normalized spacial score (nSPS) is 19.5. The molecule has 1 saturated heterocycles. The number of amides is 1. The summed E-state index contributed by atoms with van der Waals surface area (Å²) in [6.45, 7) is 3.06. The third-order valence-electron chi connectivity index (χ3n) is 3.52. The molecular weight excluding hydrogens is 311 g/mol. The number of benzene rings is 1. The number of nitrogens with one attached hydrogen (secondary N) is 1. The first kappa shape index (κ1) is 16.6. The van der Waals surface area contributed by atoms with Crippen molar-refractivity contribution in [3.05, 3.63) is 33.8 Å². The molecule has 0 aromatic heterocycles. The molecule has 1 unspecified atom stereocenters. The molecule has 0 radical (unpaired) electrons. The summed E-state index contributed by atoms with van der Waals surface area (Å²) in [5.74, 6) is 0.00266. The number of likely N-dealkylation sites (N-methyl/N-ethyl adjacent to an activating group) is 1. The Bertz CT molecular complexity index is 497. The Morgan fingerprint density at radius 3 is 3.05 bits per heavy atom. The molecule has 6 heteroatoms. The summed E-state index contributed by atoms with van der Waals surface area (Å²) < 4.78 is 5.60. The van der Waals surface area contributed by atoms with Gasteiger partial charge in [0.15, 0.2) is 0 Å². The Balaban J connectivity index is 1.73. The molecule has 1 atom stereocenters. The van der Waals surface area contributed by atoms with Crippen LogP contribution in [0.3, 0.4) is 0 Å².